The molecule has 3 aliphatic carbocycles. The molecule has 188 valence electrons. The average Bonchev–Trinajstić information content (AvgIpc) is 3.16. The minimum absolute atomic E-state index is 0.264. The minimum atomic E-state index is 0.264. The number of unbranched alkanes of at least 4 members (excludes halogenated alkanes) is 7. The maximum Gasteiger partial charge on any atom is 0.220 e. The predicted molar refractivity (Wildman–Crippen MR) is 135 cm³/mol. The number of hydrogen-bond acceptors (Lipinski definition) is 2. The van der Waals surface area contributed by atoms with Crippen molar-refractivity contribution in [1.82, 2.24) is 10.2 Å². The zero-order valence-electron chi connectivity index (χ0n) is 21.7. The normalized spacial score (nSPS) is 39.8. The molecule has 7 atom stereocenters. The molecule has 0 spiro atoms. The number of nitrogens with zero attached hydrogens (tertiary/aromatic N) is 1. The van der Waals surface area contributed by atoms with E-state index in [4.69, 9.17) is 0 Å². The van der Waals surface area contributed by atoms with Gasteiger partial charge in [0.15, 0.2) is 0 Å². The van der Waals surface area contributed by atoms with Crippen molar-refractivity contribution in [2.24, 2.45) is 28.6 Å². The molecule has 1 saturated heterocycles. The van der Waals surface area contributed by atoms with Crippen molar-refractivity contribution in [2.75, 3.05) is 6.54 Å². The van der Waals surface area contributed by atoms with E-state index in [1.165, 1.54) is 83.5 Å². The Morgan fingerprint density at radius 1 is 0.879 bits per heavy atom. The number of rotatable bonds is 11. The molecule has 0 aromatic heterocycles. The van der Waals surface area contributed by atoms with Crippen molar-refractivity contribution in [3.63, 3.8) is 0 Å². The smallest absolute Gasteiger partial charge is 0.220 e. The molecule has 4 aliphatic rings. The van der Waals surface area contributed by atoms with Crippen LogP contribution in [0, 0.1) is 28.6 Å². The van der Waals surface area contributed by atoms with Gasteiger partial charge in [-0.05, 0) is 80.0 Å². The summed E-state index contributed by atoms with van der Waals surface area (Å²) in [5.41, 5.74) is 0.557. The lowest BCUT2D eigenvalue weighted by Crippen LogP contribution is -2.61. The van der Waals surface area contributed by atoms with Crippen molar-refractivity contribution in [3.8, 4) is 0 Å². The SMILES string of the molecule is CCCCCCCCCCN(C=O)[C@H]1CC[C@H]2[C@@H]3CCC4NC(=O)CC[C@]4(C)[C@H]3CC[C@]12C. The fraction of sp³-hybridized carbons (Fsp3) is 0.931. The molecule has 4 fully saturated rings. The molecule has 4 nitrogen and oxygen atoms in total. The maximum atomic E-state index is 12.2. The van der Waals surface area contributed by atoms with E-state index in [0.29, 0.717) is 18.5 Å². The van der Waals surface area contributed by atoms with Gasteiger partial charge in [0, 0.05) is 25.0 Å². The molecule has 0 aromatic rings. The summed E-state index contributed by atoms with van der Waals surface area (Å²) in [5, 5.41) is 3.35. The number of carbonyl (C=O) groups excluding carboxylic acids is 2. The average molecular weight is 459 g/mol. The van der Waals surface area contributed by atoms with Crippen LogP contribution in [0.5, 0.6) is 0 Å². The van der Waals surface area contributed by atoms with Crippen LogP contribution in [0.4, 0.5) is 0 Å². The standard InChI is InChI=1S/C29H50N2O2/c1-4-5-6-7-8-9-10-11-20-31(21-32)26-15-13-23-22-12-14-25-28(2,19-17-27(33)30-25)24(22)16-18-29(23,26)3/h21-26H,4-20H2,1-3H3,(H,30,33)/t22-,23-,24-,25?,26-,28+,29-/m0/s1. The molecular weight excluding hydrogens is 408 g/mol. The molecule has 33 heavy (non-hydrogen) atoms. The van der Waals surface area contributed by atoms with Gasteiger partial charge in [-0.2, -0.15) is 0 Å². The van der Waals surface area contributed by atoms with Crippen LogP contribution in [-0.2, 0) is 9.59 Å². The van der Waals surface area contributed by atoms with Gasteiger partial charge in [0.05, 0.1) is 0 Å². The monoisotopic (exact) mass is 458 g/mol. The molecule has 1 N–H and O–H groups in total. The molecule has 4 heteroatoms. The first kappa shape index (κ1) is 25.0. The number of carbonyl (C=O) groups is 2. The van der Waals surface area contributed by atoms with Crippen LogP contribution in [0.1, 0.15) is 124 Å². The van der Waals surface area contributed by atoms with Crippen LogP contribution in [0.25, 0.3) is 0 Å². The van der Waals surface area contributed by atoms with E-state index in [0.717, 1.165) is 43.6 Å². The molecular formula is C29H50N2O2. The Balaban J connectivity index is 1.33. The number of nitrogens with one attached hydrogen (secondary N) is 1. The van der Waals surface area contributed by atoms with E-state index in [1.807, 2.05) is 0 Å². The zero-order chi connectivity index (χ0) is 23.5. The van der Waals surface area contributed by atoms with E-state index in [1.54, 1.807) is 0 Å². The third-order valence-corrected chi connectivity index (χ3v) is 10.9. The summed E-state index contributed by atoms with van der Waals surface area (Å²) in [6.45, 7) is 8.22. The van der Waals surface area contributed by atoms with Crippen molar-refractivity contribution >= 4 is 12.3 Å². The highest BCUT2D eigenvalue weighted by molar-refractivity contribution is 5.77. The first-order valence-electron chi connectivity index (χ1n) is 14.4. The Bertz CT molecular complexity index is 681. The highest BCUT2D eigenvalue weighted by Crippen LogP contribution is 2.64. The Labute approximate surface area is 203 Å². The molecule has 1 aliphatic heterocycles. The topological polar surface area (TPSA) is 49.4 Å². The van der Waals surface area contributed by atoms with Crippen LogP contribution in [0.2, 0.25) is 0 Å². The predicted octanol–water partition coefficient (Wildman–Crippen LogP) is 6.48. The lowest BCUT2D eigenvalue weighted by atomic mass is 9.47. The highest BCUT2D eigenvalue weighted by Gasteiger charge is 2.61. The fourth-order valence-electron chi connectivity index (χ4n) is 8.93. The Kier molecular flexibility index (Phi) is 8.11. The summed E-state index contributed by atoms with van der Waals surface area (Å²) in [6, 6.07) is 0.817. The molecule has 0 aromatic carbocycles. The van der Waals surface area contributed by atoms with Crippen LogP contribution >= 0.6 is 0 Å². The minimum Gasteiger partial charge on any atom is -0.353 e. The number of piperidine rings is 1. The third-order valence-electron chi connectivity index (χ3n) is 10.9. The second kappa shape index (κ2) is 10.7. The Morgan fingerprint density at radius 3 is 2.30 bits per heavy atom. The van der Waals surface area contributed by atoms with Gasteiger partial charge in [0.1, 0.15) is 0 Å². The van der Waals surface area contributed by atoms with E-state index in [-0.39, 0.29) is 16.7 Å². The lowest BCUT2D eigenvalue weighted by Gasteiger charge is -2.60. The van der Waals surface area contributed by atoms with Gasteiger partial charge in [0.2, 0.25) is 12.3 Å². The van der Waals surface area contributed by atoms with Crippen LogP contribution in [0.15, 0.2) is 0 Å². The second-order valence-electron chi connectivity index (χ2n) is 12.5. The van der Waals surface area contributed by atoms with Gasteiger partial charge in [-0.15, -0.1) is 0 Å². The second-order valence-corrected chi connectivity index (χ2v) is 12.5. The zero-order valence-corrected chi connectivity index (χ0v) is 21.7. The van der Waals surface area contributed by atoms with Gasteiger partial charge in [-0.1, -0.05) is 65.7 Å². The summed E-state index contributed by atoms with van der Waals surface area (Å²) < 4.78 is 0. The maximum absolute atomic E-state index is 12.2. The molecule has 3 saturated carbocycles. The van der Waals surface area contributed by atoms with Crippen molar-refractivity contribution < 1.29 is 9.59 Å². The molecule has 2 amide bonds. The van der Waals surface area contributed by atoms with Crippen molar-refractivity contribution in [2.45, 2.75) is 136 Å². The molecule has 0 radical (unpaired) electrons. The summed E-state index contributed by atoms with van der Waals surface area (Å²) in [6.07, 6.45) is 20.9. The van der Waals surface area contributed by atoms with Crippen LogP contribution in [0.3, 0.4) is 0 Å². The van der Waals surface area contributed by atoms with E-state index >= 15 is 0 Å². The fourth-order valence-corrected chi connectivity index (χ4v) is 8.93. The Hall–Kier alpha value is -1.06. The highest BCUT2D eigenvalue weighted by atomic mass is 16.1. The number of fused-ring (bicyclic) bond motifs is 5. The molecule has 0 bridgehead atoms. The molecule has 1 heterocycles. The van der Waals surface area contributed by atoms with Gasteiger partial charge < -0.3 is 10.2 Å². The first-order chi connectivity index (χ1) is 15.9. The van der Waals surface area contributed by atoms with Crippen LogP contribution < -0.4 is 5.32 Å². The van der Waals surface area contributed by atoms with E-state index < -0.39 is 0 Å². The van der Waals surface area contributed by atoms with Crippen molar-refractivity contribution in [1.29, 1.82) is 0 Å². The van der Waals surface area contributed by atoms with Gasteiger partial charge in [-0.3, -0.25) is 9.59 Å². The number of hydrogen-bond donors (Lipinski definition) is 1. The quantitative estimate of drug-likeness (QED) is 0.285. The van der Waals surface area contributed by atoms with Crippen molar-refractivity contribution in [3.05, 3.63) is 0 Å². The third kappa shape index (κ3) is 4.87. The van der Waals surface area contributed by atoms with Gasteiger partial charge in [0.25, 0.3) is 0 Å². The first-order valence-corrected chi connectivity index (χ1v) is 14.4. The van der Waals surface area contributed by atoms with Crippen LogP contribution in [-0.4, -0.2) is 35.8 Å². The number of amides is 2. The summed E-state index contributed by atoms with van der Waals surface area (Å²) in [4.78, 5) is 26.4. The molecule has 4 rings (SSSR count). The van der Waals surface area contributed by atoms with E-state index in [9.17, 15) is 9.59 Å². The molecule has 1 unspecified atom stereocenters. The van der Waals surface area contributed by atoms with Gasteiger partial charge >= 0.3 is 0 Å². The van der Waals surface area contributed by atoms with E-state index in [2.05, 4.69) is 31.0 Å². The largest absolute Gasteiger partial charge is 0.353 e. The van der Waals surface area contributed by atoms with Gasteiger partial charge in [-0.25, -0.2) is 0 Å². The Morgan fingerprint density at radius 2 is 1.58 bits per heavy atom. The lowest BCUT2D eigenvalue weighted by molar-refractivity contribution is -0.138. The summed E-state index contributed by atoms with van der Waals surface area (Å²) in [5.74, 6) is 2.53. The summed E-state index contributed by atoms with van der Waals surface area (Å²) in [7, 11) is 0. The summed E-state index contributed by atoms with van der Waals surface area (Å²) >= 11 is 0.